The van der Waals surface area contributed by atoms with Crippen LogP contribution < -0.4 is 0 Å². The maximum Gasteiger partial charge on any atom is 0.339 e. The highest BCUT2D eigenvalue weighted by atomic mass is 35.5. The topological polar surface area (TPSA) is 46.5 Å². The van der Waals surface area contributed by atoms with Gasteiger partial charge in [-0.25, -0.2) is 4.79 Å². The zero-order valence-corrected chi connectivity index (χ0v) is 13.8. The first-order valence-electron chi connectivity index (χ1n) is 6.59. The summed E-state index contributed by atoms with van der Waals surface area (Å²) in [5.74, 6) is -0.233. The van der Waals surface area contributed by atoms with Gasteiger partial charge in [0.05, 0.1) is 5.56 Å². The van der Waals surface area contributed by atoms with Gasteiger partial charge >= 0.3 is 5.97 Å². The quantitative estimate of drug-likeness (QED) is 0.652. The lowest BCUT2D eigenvalue weighted by Gasteiger charge is -2.27. The maximum absolute atomic E-state index is 11.9. The molecule has 0 aliphatic heterocycles. The van der Waals surface area contributed by atoms with Gasteiger partial charge in [0.25, 0.3) is 0 Å². The van der Waals surface area contributed by atoms with Crippen molar-refractivity contribution >= 4 is 17.6 Å². The molecule has 112 valence electrons. The van der Waals surface area contributed by atoms with Gasteiger partial charge in [0, 0.05) is 11.1 Å². The number of carbonyl (C=O) groups is 1. The molecule has 1 rings (SSSR count). The molecule has 0 aliphatic carbocycles. The Labute approximate surface area is 125 Å². The second kappa shape index (κ2) is 5.65. The van der Waals surface area contributed by atoms with Crippen LogP contribution in [0.2, 0.25) is 0 Å². The van der Waals surface area contributed by atoms with Gasteiger partial charge in [-0.15, -0.1) is 0 Å². The maximum atomic E-state index is 11.9. The smallest absolute Gasteiger partial charge is 0.339 e. The van der Waals surface area contributed by atoms with Crippen molar-refractivity contribution in [3.05, 3.63) is 28.8 Å². The number of benzene rings is 1. The number of hydrogen-bond donors (Lipinski definition) is 1. The number of phenolic OH excluding ortho intramolecular Hbond substituents is 1. The van der Waals surface area contributed by atoms with Crippen LogP contribution in [0, 0.1) is 0 Å². The first-order valence-corrected chi connectivity index (χ1v) is 7.13. The zero-order valence-electron chi connectivity index (χ0n) is 13.0. The molecular formula is C16H23ClO3. The number of ether oxygens (including phenoxy) is 1. The predicted octanol–water partition coefficient (Wildman–Crippen LogP) is 4.34. The van der Waals surface area contributed by atoms with Crippen molar-refractivity contribution in [3.63, 3.8) is 0 Å². The molecule has 3 nitrogen and oxygen atoms in total. The molecule has 0 amide bonds. The molecule has 0 saturated carbocycles. The van der Waals surface area contributed by atoms with Gasteiger partial charge in [0.1, 0.15) is 5.75 Å². The fourth-order valence-corrected chi connectivity index (χ4v) is 2.13. The molecule has 0 radical (unpaired) electrons. The normalized spacial score (nSPS) is 12.3. The lowest BCUT2D eigenvalue weighted by Crippen LogP contribution is -2.19. The van der Waals surface area contributed by atoms with Crippen molar-refractivity contribution in [2.75, 3.05) is 6.07 Å². The molecule has 0 heterocycles. The molecule has 0 aromatic heterocycles. The molecule has 0 atom stereocenters. The van der Waals surface area contributed by atoms with E-state index in [0.29, 0.717) is 5.56 Å². The summed E-state index contributed by atoms with van der Waals surface area (Å²) in [6.45, 7) is 11.9. The number of carbonyl (C=O) groups excluding carboxylic acids is 1. The molecule has 0 aliphatic rings. The number of aromatic hydroxyl groups is 1. The van der Waals surface area contributed by atoms with Crippen molar-refractivity contribution < 1.29 is 14.6 Å². The van der Waals surface area contributed by atoms with Gasteiger partial charge in [-0.3, -0.25) is 0 Å². The van der Waals surface area contributed by atoms with Gasteiger partial charge in [0.2, 0.25) is 0 Å². The van der Waals surface area contributed by atoms with Crippen LogP contribution in [0.4, 0.5) is 0 Å². The van der Waals surface area contributed by atoms with E-state index in [2.05, 4.69) is 0 Å². The third kappa shape index (κ3) is 3.66. The molecule has 0 fully saturated rings. The highest BCUT2D eigenvalue weighted by Gasteiger charge is 2.28. The van der Waals surface area contributed by atoms with E-state index >= 15 is 0 Å². The molecule has 0 spiro atoms. The third-order valence-corrected chi connectivity index (χ3v) is 3.26. The van der Waals surface area contributed by atoms with Crippen LogP contribution in [0.1, 0.15) is 63.0 Å². The number of halogens is 1. The summed E-state index contributed by atoms with van der Waals surface area (Å²) >= 11 is 5.44. The Morgan fingerprint density at radius 1 is 1.10 bits per heavy atom. The highest BCUT2D eigenvalue weighted by Crippen LogP contribution is 2.39. The zero-order chi connectivity index (χ0) is 15.7. The minimum Gasteiger partial charge on any atom is -0.507 e. The Morgan fingerprint density at radius 3 is 1.80 bits per heavy atom. The number of alkyl halides is 1. The van der Waals surface area contributed by atoms with Crippen LogP contribution >= 0.6 is 11.6 Å². The van der Waals surface area contributed by atoms with Crippen LogP contribution in [0.5, 0.6) is 5.75 Å². The lowest BCUT2D eigenvalue weighted by atomic mass is 9.78. The predicted molar refractivity (Wildman–Crippen MR) is 81.6 cm³/mol. The monoisotopic (exact) mass is 298 g/mol. The standard InChI is InChI=1S/C16H23ClO3/c1-15(2,3)11-7-10(14(19)20-9-17)8-12(13(11)18)16(4,5)6/h7-8,18H,9H2,1-6H3. The van der Waals surface area contributed by atoms with E-state index in [-0.39, 0.29) is 22.6 Å². The van der Waals surface area contributed by atoms with Crippen molar-refractivity contribution in [1.29, 1.82) is 0 Å². The summed E-state index contributed by atoms with van der Waals surface area (Å²) in [5, 5.41) is 10.5. The molecule has 0 unspecified atom stereocenters. The molecule has 0 bridgehead atoms. The van der Waals surface area contributed by atoms with E-state index in [9.17, 15) is 9.90 Å². The first kappa shape index (κ1) is 16.8. The van der Waals surface area contributed by atoms with E-state index in [1.54, 1.807) is 12.1 Å². The summed E-state index contributed by atoms with van der Waals surface area (Å²) < 4.78 is 4.85. The second-order valence-electron chi connectivity index (χ2n) is 6.96. The Morgan fingerprint density at radius 2 is 1.50 bits per heavy atom. The molecule has 4 heteroatoms. The fourth-order valence-electron chi connectivity index (χ4n) is 2.03. The summed E-state index contributed by atoms with van der Waals surface area (Å²) in [7, 11) is 0. The Kier molecular flexibility index (Phi) is 4.75. The molecular weight excluding hydrogens is 276 g/mol. The van der Waals surface area contributed by atoms with Gasteiger partial charge in [-0.2, -0.15) is 0 Å². The van der Waals surface area contributed by atoms with Gasteiger partial charge < -0.3 is 9.84 Å². The highest BCUT2D eigenvalue weighted by molar-refractivity contribution is 6.17. The Balaban J connectivity index is 3.55. The fraction of sp³-hybridized carbons (Fsp3) is 0.562. The lowest BCUT2D eigenvalue weighted by molar-refractivity contribution is 0.0574. The van der Waals surface area contributed by atoms with Crippen molar-refractivity contribution in [2.24, 2.45) is 0 Å². The Hall–Kier alpha value is -1.22. The van der Waals surface area contributed by atoms with E-state index in [1.165, 1.54) is 0 Å². The average molecular weight is 299 g/mol. The molecule has 0 saturated heterocycles. The van der Waals surface area contributed by atoms with E-state index in [1.807, 2.05) is 41.5 Å². The summed E-state index contributed by atoms with van der Waals surface area (Å²) in [6, 6.07) is 3.17. The molecule has 1 aromatic carbocycles. The van der Waals surface area contributed by atoms with E-state index in [0.717, 1.165) is 11.1 Å². The van der Waals surface area contributed by atoms with Crippen molar-refractivity contribution in [3.8, 4) is 5.75 Å². The SMILES string of the molecule is CC(C)(C)c1cc(C(=O)OCCl)cc(C(C)(C)C)c1O. The third-order valence-electron chi connectivity index (χ3n) is 3.15. The van der Waals surface area contributed by atoms with Crippen LogP contribution in [0.25, 0.3) is 0 Å². The van der Waals surface area contributed by atoms with Crippen LogP contribution in [-0.4, -0.2) is 17.1 Å². The van der Waals surface area contributed by atoms with Crippen molar-refractivity contribution in [1.82, 2.24) is 0 Å². The van der Waals surface area contributed by atoms with Gasteiger partial charge in [-0.1, -0.05) is 53.1 Å². The largest absolute Gasteiger partial charge is 0.507 e. The van der Waals surface area contributed by atoms with Gasteiger partial charge in [-0.05, 0) is 23.0 Å². The first-order chi connectivity index (χ1) is 8.98. The number of esters is 1. The van der Waals surface area contributed by atoms with Crippen molar-refractivity contribution in [2.45, 2.75) is 52.4 Å². The van der Waals surface area contributed by atoms with Crippen LogP contribution in [-0.2, 0) is 15.6 Å². The van der Waals surface area contributed by atoms with E-state index in [4.69, 9.17) is 16.3 Å². The average Bonchev–Trinajstić information content (AvgIpc) is 2.26. The molecule has 1 N–H and O–H groups in total. The molecule has 1 aromatic rings. The summed E-state index contributed by atoms with van der Waals surface area (Å²) in [5.41, 5.74) is 1.32. The van der Waals surface area contributed by atoms with Crippen LogP contribution in [0.15, 0.2) is 12.1 Å². The number of phenols is 1. The number of rotatable bonds is 2. The van der Waals surface area contributed by atoms with Gasteiger partial charge in [0.15, 0.2) is 6.07 Å². The van der Waals surface area contributed by atoms with E-state index < -0.39 is 5.97 Å². The summed E-state index contributed by atoms with van der Waals surface area (Å²) in [6.07, 6.45) is 0. The molecule has 20 heavy (non-hydrogen) atoms. The second-order valence-corrected chi connectivity index (χ2v) is 7.18. The number of hydrogen-bond acceptors (Lipinski definition) is 3. The van der Waals surface area contributed by atoms with Crippen LogP contribution in [0.3, 0.4) is 0 Å². The minimum absolute atomic E-state index is 0.185. The minimum atomic E-state index is -0.476. The Bertz CT molecular complexity index is 472. The summed E-state index contributed by atoms with van der Waals surface area (Å²) in [4.78, 5) is 11.9.